The fraction of sp³-hybridized carbons (Fsp3) is 0.333. The third-order valence-corrected chi connectivity index (χ3v) is 1.93. The van der Waals surface area contributed by atoms with E-state index >= 15 is 0 Å². The molecule has 1 aromatic heterocycles. The Hall–Kier alpha value is -2.46. The van der Waals surface area contributed by atoms with E-state index < -0.39 is 46.8 Å². The first-order chi connectivity index (χ1) is 9.14. The second-order valence-electron chi connectivity index (χ2n) is 3.31. The number of methoxy groups -OCH3 is 1. The van der Waals surface area contributed by atoms with Crippen LogP contribution in [-0.2, 0) is 16.0 Å². The second kappa shape index (κ2) is 5.67. The first-order valence-corrected chi connectivity index (χ1v) is 4.80. The quantitative estimate of drug-likeness (QED) is 0.276. The van der Waals surface area contributed by atoms with Crippen molar-refractivity contribution in [3.63, 3.8) is 0 Å². The summed E-state index contributed by atoms with van der Waals surface area (Å²) in [7, 11) is 0.997. The highest BCUT2D eigenvalue weighted by Gasteiger charge is 2.37. The summed E-state index contributed by atoms with van der Waals surface area (Å²) in [6.45, 7) is 0. The molecule has 0 aliphatic carbocycles. The zero-order valence-electron chi connectivity index (χ0n) is 9.73. The molecule has 7 nitrogen and oxygen atoms in total. The van der Waals surface area contributed by atoms with E-state index in [0.717, 1.165) is 7.11 Å². The summed E-state index contributed by atoms with van der Waals surface area (Å²) >= 11 is 0. The monoisotopic (exact) mass is 298 g/mol. The van der Waals surface area contributed by atoms with E-state index in [0.29, 0.717) is 6.07 Å². The number of rotatable bonds is 4. The Balaban J connectivity index is 3.28. The molecular weight excluding hydrogens is 292 g/mol. The van der Waals surface area contributed by atoms with Crippen molar-refractivity contribution >= 4 is 11.7 Å². The van der Waals surface area contributed by atoms with Crippen molar-refractivity contribution in [3.05, 3.63) is 27.8 Å². The molecule has 0 aliphatic rings. The molecule has 0 atom stereocenters. The number of pyridine rings is 1. The van der Waals surface area contributed by atoms with Gasteiger partial charge in [-0.1, -0.05) is 0 Å². The lowest BCUT2D eigenvalue weighted by atomic mass is 10.2. The van der Waals surface area contributed by atoms with Gasteiger partial charge in [0.2, 0.25) is 5.75 Å². The van der Waals surface area contributed by atoms with Crippen LogP contribution in [0.5, 0.6) is 5.75 Å². The summed E-state index contributed by atoms with van der Waals surface area (Å²) in [4.78, 5) is 23.0. The third kappa shape index (κ3) is 4.03. The van der Waals surface area contributed by atoms with E-state index in [9.17, 15) is 32.5 Å². The van der Waals surface area contributed by atoms with Gasteiger partial charge in [-0.3, -0.25) is 14.9 Å². The Kier molecular flexibility index (Phi) is 4.42. The maximum Gasteiger partial charge on any atom is 0.573 e. The van der Waals surface area contributed by atoms with Crippen molar-refractivity contribution in [2.75, 3.05) is 7.11 Å². The number of carbonyl (C=O) groups is 1. The standard InChI is InChI=1S/C9H6F4N2O5/c1-19-6(16)3-4-2-5(20-9(11,12)13)7(15(17)18)8(10)14-4/h2H,3H2,1H3. The molecule has 0 bridgehead atoms. The number of halogens is 4. The van der Waals surface area contributed by atoms with Gasteiger partial charge in [-0.2, -0.15) is 4.39 Å². The zero-order valence-corrected chi connectivity index (χ0v) is 9.73. The molecule has 20 heavy (non-hydrogen) atoms. The molecule has 1 aromatic rings. The largest absolute Gasteiger partial charge is 0.573 e. The summed E-state index contributed by atoms with van der Waals surface area (Å²) in [5, 5.41) is 10.5. The van der Waals surface area contributed by atoms with Gasteiger partial charge in [-0.15, -0.1) is 13.2 Å². The number of carbonyl (C=O) groups excluding carboxylic acids is 1. The molecule has 0 N–H and O–H groups in total. The summed E-state index contributed by atoms with van der Waals surface area (Å²) in [6, 6.07) is 0.450. The molecule has 0 radical (unpaired) electrons. The van der Waals surface area contributed by atoms with Crippen LogP contribution in [0.25, 0.3) is 0 Å². The Morgan fingerprint density at radius 2 is 2.10 bits per heavy atom. The van der Waals surface area contributed by atoms with Crippen LogP contribution >= 0.6 is 0 Å². The van der Waals surface area contributed by atoms with Crippen molar-refractivity contribution in [1.82, 2.24) is 4.98 Å². The fourth-order valence-electron chi connectivity index (χ4n) is 1.21. The van der Waals surface area contributed by atoms with Crippen molar-refractivity contribution in [2.45, 2.75) is 12.8 Å². The topological polar surface area (TPSA) is 91.6 Å². The van der Waals surface area contributed by atoms with E-state index in [-0.39, 0.29) is 0 Å². The van der Waals surface area contributed by atoms with Gasteiger partial charge in [-0.05, 0) is 0 Å². The summed E-state index contributed by atoms with van der Waals surface area (Å²) in [5.41, 5.74) is -2.07. The van der Waals surface area contributed by atoms with Gasteiger partial charge in [0, 0.05) is 6.07 Å². The zero-order chi connectivity index (χ0) is 15.5. The van der Waals surface area contributed by atoms with E-state index in [2.05, 4.69) is 14.5 Å². The lowest BCUT2D eigenvalue weighted by Gasteiger charge is -2.10. The molecule has 110 valence electrons. The highest BCUT2D eigenvalue weighted by molar-refractivity contribution is 5.72. The van der Waals surface area contributed by atoms with Crippen LogP contribution in [0, 0.1) is 16.1 Å². The minimum absolute atomic E-state index is 0.450. The molecule has 0 spiro atoms. The van der Waals surface area contributed by atoms with Gasteiger partial charge in [-0.25, -0.2) is 4.98 Å². The molecule has 0 aliphatic heterocycles. The fourth-order valence-corrected chi connectivity index (χ4v) is 1.21. The van der Waals surface area contributed by atoms with Gasteiger partial charge < -0.3 is 9.47 Å². The molecular formula is C9H6F4N2O5. The summed E-state index contributed by atoms with van der Waals surface area (Å²) in [5.74, 6) is -4.10. The SMILES string of the molecule is COC(=O)Cc1cc(OC(F)(F)F)c([N+](=O)[O-])c(F)n1. The predicted octanol–water partition coefficient (Wildman–Crippen LogP) is 1.74. The van der Waals surface area contributed by atoms with Crippen LogP contribution < -0.4 is 4.74 Å². The highest BCUT2D eigenvalue weighted by atomic mass is 19.4. The lowest BCUT2D eigenvalue weighted by Crippen LogP contribution is -2.19. The van der Waals surface area contributed by atoms with Crippen molar-refractivity contribution in [3.8, 4) is 5.75 Å². The first kappa shape index (κ1) is 15.6. The van der Waals surface area contributed by atoms with Gasteiger partial charge in [0.05, 0.1) is 24.1 Å². The molecule has 0 amide bonds. The van der Waals surface area contributed by atoms with Crippen molar-refractivity contribution in [2.24, 2.45) is 0 Å². The normalized spacial score (nSPS) is 11.1. The van der Waals surface area contributed by atoms with Gasteiger partial charge in [0.1, 0.15) is 0 Å². The lowest BCUT2D eigenvalue weighted by molar-refractivity contribution is -0.391. The molecule has 0 saturated heterocycles. The molecule has 0 unspecified atom stereocenters. The summed E-state index contributed by atoms with van der Waals surface area (Å²) in [6.07, 6.45) is -5.93. The smallest absolute Gasteiger partial charge is 0.469 e. The average Bonchev–Trinajstić information content (AvgIpc) is 2.25. The number of nitrogens with zero attached hydrogens (tertiary/aromatic N) is 2. The van der Waals surface area contributed by atoms with Crippen LogP contribution in [0.4, 0.5) is 23.2 Å². The Bertz CT molecular complexity index is 546. The number of hydrogen-bond acceptors (Lipinski definition) is 6. The van der Waals surface area contributed by atoms with Crippen LogP contribution in [0.15, 0.2) is 6.07 Å². The van der Waals surface area contributed by atoms with Gasteiger partial charge in [0.25, 0.3) is 5.95 Å². The molecule has 11 heteroatoms. The minimum Gasteiger partial charge on any atom is -0.469 e. The molecule has 1 heterocycles. The maximum atomic E-state index is 13.3. The number of aromatic nitrogens is 1. The maximum absolute atomic E-state index is 13.3. The highest BCUT2D eigenvalue weighted by Crippen LogP contribution is 2.34. The molecule has 1 rings (SSSR count). The Labute approximate surface area is 108 Å². The number of nitro groups is 1. The summed E-state index contributed by atoms with van der Waals surface area (Å²) < 4.78 is 57.2. The van der Waals surface area contributed by atoms with Crippen molar-refractivity contribution in [1.29, 1.82) is 0 Å². The minimum atomic E-state index is -5.26. The van der Waals surface area contributed by atoms with Gasteiger partial charge >= 0.3 is 18.0 Å². The number of hydrogen-bond donors (Lipinski definition) is 0. The second-order valence-corrected chi connectivity index (χ2v) is 3.31. The molecule has 0 saturated carbocycles. The van der Waals surface area contributed by atoms with E-state index in [1.54, 1.807) is 0 Å². The van der Waals surface area contributed by atoms with Crippen molar-refractivity contribution < 1.29 is 36.8 Å². The predicted molar refractivity (Wildman–Crippen MR) is 53.3 cm³/mol. The Morgan fingerprint density at radius 3 is 2.55 bits per heavy atom. The number of ether oxygens (including phenoxy) is 2. The first-order valence-electron chi connectivity index (χ1n) is 4.80. The third-order valence-electron chi connectivity index (χ3n) is 1.93. The van der Waals surface area contributed by atoms with E-state index in [4.69, 9.17) is 0 Å². The molecule has 0 fully saturated rings. The van der Waals surface area contributed by atoms with E-state index in [1.807, 2.05) is 0 Å². The number of alkyl halides is 3. The average molecular weight is 298 g/mol. The van der Waals surface area contributed by atoms with E-state index in [1.165, 1.54) is 0 Å². The van der Waals surface area contributed by atoms with Crippen LogP contribution in [0.1, 0.15) is 5.69 Å². The van der Waals surface area contributed by atoms with Crippen LogP contribution in [0.2, 0.25) is 0 Å². The van der Waals surface area contributed by atoms with Crippen LogP contribution in [-0.4, -0.2) is 29.3 Å². The Morgan fingerprint density at radius 1 is 1.50 bits per heavy atom. The van der Waals surface area contributed by atoms with Crippen LogP contribution in [0.3, 0.4) is 0 Å². The van der Waals surface area contributed by atoms with Gasteiger partial charge in [0.15, 0.2) is 0 Å². The number of esters is 1. The molecule has 0 aromatic carbocycles.